The highest BCUT2D eigenvalue weighted by molar-refractivity contribution is 5.76. The number of carbonyl (C=O) groups is 2. The summed E-state index contributed by atoms with van der Waals surface area (Å²) in [6, 6.07) is -0.623. The average Bonchev–Trinajstić information content (AvgIpc) is 3.39. The summed E-state index contributed by atoms with van der Waals surface area (Å²) in [6.45, 7) is 4.91. The molecule has 3 N–H and O–H groups in total. The number of aliphatic hydroxyl groups is 2. The summed E-state index contributed by atoms with van der Waals surface area (Å²) in [4.78, 5) is 24.5. The van der Waals surface area contributed by atoms with Crippen molar-refractivity contribution in [3.05, 3.63) is 24.3 Å². The van der Waals surface area contributed by atoms with Crippen LogP contribution in [0.25, 0.3) is 0 Å². The van der Waals surface area contributed by atoms with E-state index in [1.807, 2.05) is 6.08 Å². The molecule has 0 saturated carbocycles. The number of carbonyl (C=O) groups excluding carboxylic acids is 2. The molecular weight excluding hydrogens is 899 g/mol. The Morgan fingerprint density at radius 2 is 0.644 bits per heavy atom. The second kappa shape index (κ2) is 62.9. The van der Waals surface area contributed by atoms with E-state index >= 15 is 0 Å². The van der Waals surface area contributed by atoms with Crippen molar-refractivity contribution in [1.29, 1.82) is 0 Å². The molecule has 432 valence electrons. The summed E-state index contributed by atoms with van der Waals surface area (Å²) < 4.78 is 5.49. The van der Waals surface area contributed by atoms with Crippen molar-refractivity contribution in [1.82, 2.24) is 5.32 Å². The van der Waals surface area contributed by atoms with Gasteiger partial charge in [-0.1, -0.05) is 321 Å². The van der Waals surface area contributed by atoms with Crippen LogP contribution in [-0.4, -0.2) is 47.4 Å². The minimum Gasteiger partial charge on any atom is -0.466 e. The number of nitrogens with one attached hydrogen (secondary N) is 1. The summed E-state index contributed by atoms with van der Waals surface area (Å²) >= 11 is 0. The van der Waals surface area contributed by atoms with E-state index in [-0.39, 0.29) is 18.5 Å². The first-order chi connectivity index (χ1) is 36.0. The molecule has 6 nitrogen and oxygen atoms in total. The van der Waals surface area contributed by atoms with E-state index in [4.69, 9.17) is 4.74 Å². The fraction of sp³-hybridized carbons (Fsp3) is 0.910. The highest BCUT2D eigenvalue weighted by atomic mass is 16.5. The van der Waals surface area contributed by atoms with Gasteiger partial charge in [0.05, 0.1) is 25.4 Å². The molecule has 0 bridgehead atoms. The van der Waals surface area contributed by atoms with Gasteiger partial charge in [-0.05, 0) is 57.8 Å². The smallest absolute Gasteiger partial charge is 0.305 e. The SMILES string of the molecule is CCCCCCCC/C=C\CCCCCCCC(=O)OCCCCCCCCCCCCCCCCCCCCCCCCCCCCCCCCC(=O)NC(CO)C(O)/C=C/CCCCCCCCCCC. The lowest BCUT2D eigenvalue weighted by Gasteiger charge is -2.20. The number of amides is 1. The molecule has 0 saturated heterocycles. The van der Waals surface area contributed by atoms with E-state index < -0.39 is 12.1 Å². The normalized spacial score (nSPS) is 12.7. The van der Waals surface area contributed by atoms with Gasteiger partial charge in [0, 0.05) is 12.8 Å². The van der Waals surface area contributed by atoms with Crippen LogP contribution >= 0.6 is 0 Å². The van der Waals surface area contributed by atoms with Crippen LogP contribution < -0.4 is 5.32 Å². The molecular formula is C67H129NO5. The van der Waals surface area contributed by atoms with E-state index in [0.29, 0.717) is 19.4 Å². The fourth-order valence-electron chi connectivity index (χ4n) is 10.4. The predicted octanol–water partition coefficient (Wildman–Crippen LogP) is 21.0. The summed E-state index contributed by atoms with van der Waals surface area (Å²) in [7, 11) is 0. The Balaban J connectivity index is 3.32. The molecule has 0 fully saturated rings. The van der Waals surface area contributed by atoms with Crippen molar-refractivity contribution in [2.45, 2.75) is 379 Å². The Morgan fingerprint density at radius 1 is 0.370 bits per heavy atom. The lowest BCUT2D eigenvalue weighted by Crippen LogP contribution is -2.45. The molecule has 0 spiro atoms. The van der Waals surface area contributed by atoms with Crippen LogP contribution in [0.5, 0.6) is 0 Å². The summed E-state index contributed by atoms with van der Waals surface area (Å²) in [6.07, 6.45) is 78.2. The van der Waals surface area contributed by atoms with Gasteiger partial charge in [-0.2, -0.15) is 0 Å². The van der Waals surface area contributed by atoms with Crippen molar-refractivity contribution in [2.75, 3.05) is 13.2 Å². The van der Waals surface area contributed by atoms with Crippen LogP contribution in [0.1, 0.15) is 367 Å². The zero-order chi connectivity index (χ0) is 52.9. The van der Waals surface area contributed by atoms with Crippen LogP contribution in [0.4, 0.5) is 0 Å². The molecule has 73 heavy (non-hydrogen) atoms. The van der Waals surface area contributed by atoms with Gasteiger partial charge in [0.25, 0.3) is 0 Å². The van der Waals surface area contributed by atoms with Crippen molar-refractivity contribution >= 4 is 11.9 Å². The van der Waals surface area contributed by atoms with Gasteiger partial charge in [0.2, 0.25) is 5.91 Å². The number of hydrogen-bond acceptors (Lipinski definition) is 5. The van der Waals surface area contributed by atoms with E-state index in [1.54, 1.807) is 6.08 Å². The summed E-state index contributed by atoms with van der Waals surface area (Å²) in [5.74, 6) is -0.0519. The Hall–Kier alpha value is -1.66. The number of hydrogen-bond donors (Lipinski definition) is 3. The largest absolute Gasteiger partial charge is 0.466 e. The Morgan fingerprint density at radius 3 is 0.973 bits per heavy atom. The first kappa shape index (κ1) is 71.3. The van der Waals surface area contributed by atoms with Crippen LogP contribution in [-0.2, 0) is 14.3 Å². The highest BCUT2D eigenvalue weighted by Crippen LogP contribution is 2.18. The molecule has 0 aliphatic rings. The summed E-state index contributed by atoms with van der Waals surface area (Å²) in [5, 5.41) is 23.0. The molecule has 0 rings (SSSR count). The molecule has 2 atom stereocenters. The molecule has 6 heteroatoms. The number of rotatable bonds is 62. The molecule has 0 heterocycles. The van der Waals surface area contributed by atoms with Crippen molar-refractivity contribution < 1.29 is 24.5 Å². The van der Waals surface area contributed by atoms with Crippen molar-refractivity contribution in [3.63, 3.8) is 0 Å². The van der Waals surface area contributed by atoms with E-state index in [2.05, 4.69) is 31.3 Å². The third-order valence-electron chi connectivity index (χ3n) is 15.5. The zero-order valence-corrected chi connectivity index (χ0v) is 49.4. The van der Waals surface area contributed by atoms with E-state index in [0.717, 1.165) is 44.9 Å². The lowest BCUT2D eigenvalue weighted by atomic mass is 10.0. The molecule has 2 unspecified atom stereocenters. The van der Waals surface area contributed by atoms with Gasteiger partial charge in [-0.15, -0.1) is 0 Å². The average molecular weight is 1030 g/mol. The van der Waals surface area contributed by atoms with Gasteiger partial charge in [-0.3, -0.25) is 9.59 Å². The predicted molar refractivity (Wildman–Crippen MR) is 320 cm³/mol. The van der Waals surface area contributed by atoms with E-state index in [1.165, 1.54) is 295 Å². The Bertz CT molecular complexity index is 1140. The first-order valence-electron chi connectivity index (χ1n) is 33.1. The van der Waals surface area contributed by atoms with Gasteiger partial charge < -0.3 is 20.3 Å². The van der Waals surface area contributed by atoms with Gasteiger partial charge >= 0.3 is 5.97 Å². The minimum atomic E-state index is -0.840. The number of aliphatic hydroxyl groups excluding tert-OH is 2. The van der Waals surface area contributed by atoms with Gasteiger partial charge in [0.1, 0.15) is 0 Å². The molecule has 1 amide bonds. The van der Waals surface area contributed by atoms with Crippen LogP contribution in [0.2, 0.25) is 0 Å². The monoisotopic (exact) mass is 1030 g/mol. The number of esters is 1. The van der Waals surface area contributed by atoms with Crippen LogP contribution in [0, 0.1) is 0 Å². The van der Waals surface area contributed by atoms with Crippen molar-refractivity contribution in [3.8, 4) is 0 Å². The van der Waals surface area contributed by atoms with Crippen LogP contribution in [0.15, 0.2) is 24.3 Å². The first-order valence-corrected chi connectivity index (χ1v) is 33.1. The lowest BCUT2D eigenvalue weighted by molar-refractivity contribution is -0.143. The number of allylic oxidation sites excluding steroid dienone is 3. The number of unbranched alkanes of at least 4 members (excludes halogenated alkanes) is 49. The molecule has 0 aromatic carbocycles. The fourth-order valence-corrected chi connectivity index (χ4v) is 10.4. The maximum absolute atomic E-state index is 12.4. The topological polar surface area (TPSA) is 95.9 Å². The standard InChI is InChI=1S/C67H129NO5/c1-3-5-7-9-11-13-15-16-33-37-41-45-49-53-57-61-67(72)73-62-58-54-50-46-42-38-35-32-30-28-26-24-22-20-18-17-19-21-23-25-27-29-31-34-36-40-44-48-52-56-60-66(71)68-64(63-69)65(70)59-55-51-47-43-39-14-12-10-8-6-4-2/h16,33,55,59,64-65,69-70H,3-15,17-32,34-54,56-58,60-63H2,1-2H3,(H,68,71)/b33-16-,59-55+. The number of ether oxygens (including phenoxy) is 1. The maximum Gasteiger partial charge on any atom is 0.305 e. The molecule has 0 aliphatic heterocycles. The Kier molecular flexibility index (Phi) is 61.4. The van der Waals surface area contributed by atoms with Crippen LogP contribution in [0.3, 0.4) is 0 Å². The third kappa shape index (κ3) is 59.4. The quantitative estimate of drug-likeness (QED) is 0.0320. The highest BCUT2D eigenvalue weighted by Gasteiger charge is 2.18. The Labute approximate surface area is 456 Å². The van der Waals surface area contributed by atoms with Crippen molar-refractivity contribution in [2.24, 2.45) is 0 Å². The maximum atomic E-state index is 12.4. The molecule has 0 aromatic heterocycles. The minimum absolute atomic E-state index is 0.0122. The second-order valence-corrected chi connectivity index (χ2v) is 22.8. The molecule has 0 aromatic rings. The van der Waals surface area contributed by atoms with Gasteiger partial charge in [0.15, 0.2) is 0 Å². The third-order valence-corrected chi connectivity index (χ3v) is 15.5. The zero-order valence-electron chi connectivity index (χ0n) is 49.4. The molecule has 0 aliphatic carbocycles. The second-order valence-electron chi connectivity index (χ2n) is 22.8. The van der Waals surface area contributed by atoms with Gasteiger partial charge in [-0.25, -0.2) is 0 Å². The van der Waals surface area contributed by atoms with E-state index in [9.17, 15) is 19.8 Å². The summed E-state index contributed by atoms with van der Waals surface area (Å²) in [5.41, 5.74) is 0. The molecule has 0 radical (unpaired) electrons.